The molecule has 400 valence electrons. The van der Waals surface area contributed by atoms with Crippen LogP contribution in [0, 0.1) is 0 Å². The number of nitrogens with one attached hydrogen (secondary N) is 4. The first-order valence-corrected chi connectivity index (χ1v) is 27.1. The van der Waals surface area contributed by atoms with Crippen LogP contribution in [-0.4, -0.2) is 133 Å². The molecule has 0 bridgehead atoms. The fourth-order valence-corrected chi connectivity index (χ4v) is 11.5. The molecule has 2 saturated heterocycles. The van der Waals surface area contributed by atoms with Crippen molar-refractivity contribution in [3.63, 3.8) is 0 Å². The van der Waals surface area contributed by atoms with Crippen LogP contribution in [0.25, 0.3) is 0 Å². The summed E-state index contributed by atoms with van der Waals surface area (Å²) in [5.74, 6) is 0.914. The molecule has 4 fully saturated rings. The van der Waals surface area contributed by atoms with Crippen molar-refractivity contribution in [2.45, 2.75) is 163 Å². The molecule has 4 aromatic rings. The van der Waals surface area contributed by atoms with Gasteiger partial charge >= 0.3 is 0 Å². The third-order valence-electron chi connectivity index (χ3n) is 15.8. The van der Waals surface area contributed by atoms with Crippen LogP contribution in [0.1, 0.15) is 123 Å². The van der Waals surface area contributed by atoms with Gasteiger partial charge in [0.2, 0.25) is 23.6 Å². The molecule has 2 spiro atoms. The zero-order chi connectivity index (χ0) is 51.3. The molecular weight excluding hydrogens is 941 g/mol. The van der Waals surface area contributed by atoms with Crippen LogP contribution in [0.3, 0.4) is 0 Å². The van der Waals surface area contributed by atoms with E-state index in [9.17, 15) is 19.8 Å². The number of nitrogens with zero attached hydrogens (tertiary/aromatic N) is 2. The number of aliphatic hydroxyl groups is 2. The van der Waals surface area contributed by atoms with Gasteiger partial charge in [-0.15, -0.1) is 0 Å². The molecule has 6 N–H and O–H groups in total. The lowest BCUT2D eigenvalue weighted by molar-refractivity contribution is -0.127. The molecule has 10 rings (SSSR count). The van der Waals surface area contributed by atoms with Gasteiger partial charge < -0.3 is 59.9 Å². The van der Waals surface area contributed by atoms with Crippen molar-refractivity contribution in [1.29, 1.82) is 0 Å². The monoisotopic (exact) mass is 1020 g/mol. The van der Waals surface area contributed by atoms with E-state index in [1.807, 2.05) is 73.1 Å². The smallest absolute Gasteiger partial charge is 0.246 e. The summed E-state index contributed by atoms with van der Waals surface area (Å²) < 4.78 is 34.5. The maximum Gasteiger partial charge on any atom is 0.246 e. The van der Waals surface area contributed by atoms with Gasteiger partial charge in [-0.25, -0.2) is 9.97 Å². The highest BCUT2D eigenvalue weighted by Crippen LogP contribution is 2.49. The predicted molar refractivity (Wildman–Crippen MR) is 279 cm³/mol. The van der Waals surface area contributed by atoms with Crippen LogP contribution >= 0.6 is 0 Å². The highest BCUT2D eigenvalue weighted by molar-refractivity contribution is 5.78. The van der Waals surface area contributed by atoms with Crippen molar-refractivity contribution in [2.75, 3.05) is 53.7 Å². The predicted octanol–water partition coefficient (Wildman–Crippen LogP) is 5.75. The minimum Gasteiger partial charge on any atom is -0.471 e. The molecule has 0 radical (unpaired) electrons. The summed E-state index contributed by atoms with van der Waals surface area (Å²) in [7, 11) is 2.98. The summed E-state index contributed by atoms with van der Waals surface area (Å²) in [5.41, 5.74) is 6.16. The van der Waals surface area contributed by atoms with Gasteiger partial charge in [0.15, 0.2) is 0 Å². The van der Waals surface area contributed by atoms with E-state index < -0.39 is 24.3 Å². The number of hydrogen-bond acceptors (Lipinski definition) is 14. The molecule has 8 atom stereocenters. The van der Waals surface area contributed by atoms with E-state index >= 15 is 0 Å². The van der Waals surface area contributed by atoms with Crippen LogP contribution in [0.15, 0.2) is 85.2 Å². The standard InChI is InChI=1S/2C29H39N3O5/c2*1-35-19-27(34)32-24(15-20-7-3-2-4-8-20)26(33)18-30-25-16-29(10-6-11-29)37-28-23(25)14-21(17-31-28)13-22-9-5-12-36-22/h2*2-4,7-8,14,17,22,24-26,30,33H,5-6,9-13,15-16,18-19H2,1H3,(H,32,34)/t22-,24+,25+,26-;22-,24-,25-,26+/m10/s1. The molecule has 2 aliphatic carbocycles. The largest absolute Gasteiger partial charge is 0.471 e. The zero-order valence-electron chi connectivity index (χ0n) is 43.3. The molecule has 6 aliphatic rings. The molecule has 0 unspecified atom stereocenters. The number of pyridine rings is 2. The lowest BCUT2D eigenvalue weighted by Crippen LogP contribution is -2.52. The molecule has 2 saturated carbocycles. The lowest BCUT2D eigenvalue weighted by atomic mass is 9.73. The Balaban J connectivity index is 0.000000182. The van der Waals surface area contributed by atoms with Gasteiger partial charge in [-0.05, 0) is 111 Å². The fraction of sp³-hybridized carbons (Fsp3) is 0.586. The normalized spacial score (nSPS) is 23.5. The number of benzene rings is 2. The van der Waals surface area contributed by atoms with Gasteiger partial charge in [0.25, 0.3) is 0 Å². The maximum atomic E-state index is 12.3. The van der Waals surface area contributed by atoms with Crippen molar-refractivity contribution in [1.82, 2.24) is 31.2 Å². The Hall–Kier alpha value is -5.04. The summed E-state index contributed by atoms with van der Waals surface area (Å²) in [6.07, 6.45) is 18.0. The molecule has 6 heterocycles. The number of hydrogen-bond donors (Lipinski definition) is 6. The Labute approximate surface area is 436 Å². The first kappa shape index (κ1) is 53.8. The zero-order valence-corrected chi connectivity index (χ0v) is 43.3. The summed E-state index contributed by atoms with van der Waals surface area (Å²) in [6.45, 7) is 2.26. The number of carbonyl (C=O) groups excluding carboxylic acids is 2. The molecule has 16 nitrogen and oxygen atoms in total. The highest BCUT2D eigenvalue weighted by atomic mass is 16.5. The number of amides is 2. The Morgan fingerprint density at radius 2 is 1.04 bits per heavy atom. The Morgan fingerprint density at radius 3 is 1.39 bits per heavy atom. The molecule has 2 amide bonds. The molecule has 16 heteroatoms. The summed E-state index contributed by atoms with van der Waals surface area (Å²) >= 11 is 0. The Morgan fingerprint density at radius 1 is 0.622 bits per heavy atom. The number of rotatable bonds is 22. The van der Waals surface area contributed by atoms with Crippen LogP contribution in [-0.2, 0) is 54.2 Å². The van der Waals surface area contributed by atoms with Gasteiger partial charge in [-0.2, -0.15) is 0 Å². The Kier molecular flexibility index (Phi) is 18.7. The van der Waals surface area contributed by atoms with Crippen molar-refractivity contribution < 1.29 is 48.2 Å². The molecule has 2 aromatic carbocycles. The molecule has 4 aliphatic heterocycles. The highest BCUT2D eigenvalue weighted by Gasteiger charge is 2.48. The fourth-order valence-electron chi connectivity index (χ4n) is 11.5. The maximum absolute atomic E-state index is 12.3. The minimum atomic E-state index is -0.785. The van der Waals surface area contributed by atoms with Crippen molar-refractivity contribution in [3.05, 3.63) is 119 Å². The first-order valence-electron chi connectivity index (χ1n) is 27.1. The minimum absolute atomic E-state index is 0.0164. The topological polar surface area (TPSA) is 204 Å². The van der Waals surface area contributed by atoms with Gasteiger partial charge in [0, 0.05) is 102 Å². The first-order chi connectivity index (χ1) is 36.1. The van der Waals surface area contributed by atoms with E-state index in [4.69, 9.17) is 38.4 Å². The van der Waals surface area contributed by atoms with E-state index in [0.717, 1.165) is 136 Å². The van der Waals surface area contributed by atoms with Crippen LogP contribution < -0.4 is 30.7 Å². The molecular formula is C58H78N6O10. The third-order valence-corrected chi connectivity index (χ3v) is 15.8. The van der Waals surface area contributed by atoms with Gasteiger partial charge in [-0.3, -0.25) is 9.59 Å². The summed E-state index contributed by atoms with van der Waals surface area (Å²) in [5, 5.41) is 35.6. The van der Waals surface area contributed by atoms with Gasteiger partial charge in [-0.1, -0.05) is 60.7 Å². The Bertz CT molecular complexity index is 2250. The van der Waals surface area contributed by atoms with E-state index in [2.05, 4.69) is 33.4 Å². The average Bonchev–Trinajstić information content (AvgIpc) is 4.12. The second-order valence-corrected chi connectivity index (χ2v) is 21.5. The SMILES string of the molecule is COCC(=O)N[C@@H](Cc1ccccc1)[C@H](O)CN[C@H]1CC2(CCC2)Oc2ncc(C[C@@H]3CCCO3)cc21.COCC(=O)N[C@@H](Cc1ccccc1)[C@H](O)CN[C@H]1CC2(CCC2)Oc2ncc(C[C@H]3CCCO3)cc21. The number of ether oxygens (including phenoxy) is 6. The number of aromatic nitrogens is 2. The van der Waals surface area contributed by atoms with Crippen LogP contribution in [0.5, 0.6) is 11.8 Å². The van der Waals surface area contributed by atoms with Crippen molar-refractivity contribution >= 4 is 11.8 Å². The number of aliphatic hydroxyl groups excluding tert-OH is 2. The van der Waals surface area contributed by atoms with Crippen molar-refractivity contribution in [2.24, 2.45) is 0 Å². The summed E-state index contributed by atoms with van der Waals surface area (Å²) in [6, 6.07) is 23.3. The quantitative estimate of drug-likeness (QED) is 0.0556. The summed E-state index contributed by atoms with van der Waals surface area (Å²) in [4.78, 5) is 34.1. The number of carbonyl (C=O) groups is 2. The number of methoxy groups -OCH3 is 2. The second-order valence-electron chi connectivity index (χ2n) is 21.5. The second kappa shape index (κ2) is 25.7. The average molecular weight is 1020 g/mol. The van der Waals surface area contributed by atoms with Gasteiger partial charge in [0.1, 0.15) is 24.4 Å². The third kappa shape index (κ3) is 14.3. The van der Waals surface area contributed by atoms with Gasteiger partial charge in [0.05, 0.1) is 36.5 Å². The van der Waals surface area contributed by atoms with E-state index in [1.54, 1.807) is 0 Å². The number of fused-ring (bicyclic) bond motifs is 2. The lowest BCUT2D eigenvalue weighted by Gasteiger charge is -2.47. The van der Waals surface area contributed by atoms with Crippen molar-refractivity contribution in [3.8, 4) is 11.8 Å². The van der Waals surface area contributed by atoms with Crippen LogP contribution in [0.2, 0.25) is 0 Å². The molecule has 74 heavy (non-hydrogen) atoms. The molecule has 2 aromatic heterocycles. The van der Waals surface area contributed by atoms with E-state index in [0.29, 0.717) is 37.7 Å². The van der Waals surface area contributed by atoms with Crippen LogP contribution in [0.4, 0.5) is 0 Å². The van der Waals surface area contributed by atoms with E-state index in [1.165, 1.54) is 14.2 Å². The van der Waals surface area contributed by atoms with E-state index in [-0.39, 0.29) is 60.5 Å².